The summed E-state index contributed by atoms with van der Waals surface area (Å²) in [4.78, 5) is 16.0. The molecule has 1 heterocycles. The molecule has 122 valence electrons. The van der Waals surface area contributed by atoms with Crippen LogP contribution in [0.2, 0.25) is 5.15 Å². The van der Waals surface area contributed by atoms with Crippen LogP contribution in [-0.4, -0.2) is 17.5 Å². The van der Waals surface area contributed by atoms with Gasteiger partial charge in [0.2, 0.25) is 5.91 Å². The lowest BCUT2D eigenvalue weighted by atomic mass is 10.1. The SMILES string of the molecule is CC(C)CCOc1cccc(NC(=O)Cc2ccc(Cl)nc2)c1. The van der Waals surface area contributed by atoms with Crippen molar-refractivity contribution in [1.29, 1.82) is 0 Å². The summed E-state index contributed by atoms with van der Waals surface area (Å²) in [5.41, 5.74) is 1.54. The van der Waals surface area contributed by atoms with E-state index in [1.165, 1.54) is 0 Å². The first-order valence-electron chi connectivity index (χ1n) is 7.66. The quantitative estimate of drug-likeness (QED) is 0.767. The van der Waals surface area contributed by atoms with E-state index in [4.69, 9.17) is 16.3 Å². The molecule has 0 atom stereocenters. The van der Waals surface area contributed by atoms with Gasteiger partial charge >= 0.3 is 0 Å². The summed E-state index contributed by atoms with van der Waals surface area (Å²) in [5, 5.41) is 3.28. The molecule has 0 unspecified atom stereocenters. The van der Waals surface area contributed by atoms with Crippen LogP contribution in [-0.2, 0) is 11.2 Å². The third kappa shape index (κ3) is 6.28. The Kier molecular flexibility index (Phi) is 6.41. The number of amides is 1. The van der Waals surface area contributed by atoms with E-state index in [2.05, 4.69) is 24.1 Å². The van der Waals surface area contributed by atoms with Crippen molar-refractivity contribution in [3.05, 3.63) is 53.3 Å². The number of hydrogen-bond acceptors (Lipinski definition) is 3. The van der Waals surface area contributed by atoms with Crippen molar-refractivity contribution in [2.75, 3.05) is 11.9 Å². The number of carbonyl (C=O) groups is 1. The van der Waals surface area contributed by atoms with Crippen LogP contribution in [0, 0.1) is 5.92 Å². The highest BCUT2D eigenvalue weighted by Gasteiger charge is 2.06. The van der Waals surface area contributed by atoms with Crippen molar-refractivity contribution < 1.29 is 9.53 Å². The highest BCUT2D eigenvalue weighted by molar-refractivity contribution is 6.29. The first kappa shape index (κ1) is 17.3. The number of anilines is 1. The topological polar surface area (TPSA) is 51.2 Å². The third-order valence-corrected chi connectivity index (χ3v) is 3.46. The zero-order chi connectivity index (χ0) is 16.7. The summed E-state index contributed by atoms with van der Waals surface area (Å²) in [6, 6.07) is 10.9. The minimum absolute atomic E-state index is 0.103. The Balaban J connectivity index is 1.89. The summed E-state index contributed by atoms with van der Waals surface area (Å²) in [6.07, 6.45) is 2.86. The van der Waals surface area contributed by atoms with Crippen LogP contribution >= 0.6 is 11.6 Å². The van der Waals surface area contributed by atoms with Gasteiger partial charge in [-0.25, -0.2) is 4.98 Å². The van der Waals surface area contributed by atoms with Crippen molar-refractivity contribution in [3.63, 3.8) is 0 Å². The molecule has 23 heavy (non-hydrogen) atoms. The molecule has 2 aromatic rings. The van der Waals surface area contributed by atoms with Crippen molar-refractivity contribution >= 4 is 23.2 Å². The van der Waals surface area contributed by atoms with Gasteiger partial charge in [-0.05, 0) is 36.1 Å². The van der Waals surface area contributed by atoms with Gasteiger partial charge in [0.15, 0.2) is 0 Å². The Labute approximate surface area is 141 Å². The van der Waals surface area contributed by atoms with Crippen LogP contribution in [0.4, 0.5) is 5.69 Å². The average molecular weight is 333 g/mol. The molecule has 0 saturated heterocycles. The van der Waals surface area contributed by atoms with E-state index in [9.17, 15) is 4.79 Å². The molecule has 0 aliphatic carbocycles. The second-order valence-corrected chi connectivity index (χ2v) is 6.16. The molecule has 0 aliphatic rings. The van der Waals surface area contributed by atoms with Crippen LogP contribution in [0.3, 0.4) is 0 Å². The number of benzene rings is 1. The van der Waals surface area contributed by atoms with E-state index in [1.807, 2.05) is 24.3 Å². The van der Waals surface area contributed by atoms with Gasteiger partial charge in [-0.15, -0.1) is 0 Å². The van der Waals surface area contributed by atoms with Crippen LogP contribution in [0.25, 0.3) is 0 Å². The van der Waals surface area contributed by atoms with Gasteiger partial charge in [0.25, 0.3) is 0 Å². The Morgan fingerprint density at radius 2 is 2.13 bits per heavy atom. The molecule has 1 aromatic carbocycles. The van der Waals surface area contributed by atoms with Gasteiger partial charge in [-0.1, -0.05) is 37.6 Å². The van der Waals surface area contributed by atoms with Gasteiger partial charge in [-0.3, -0.25) is 4.79 Å². The fraction of sp³-hybridized carbons (Fsp3) is 0.333. The van der Waals surface area contributed by atoms with Crippen LogP contribution < -0.4 is 10.1 Å². The summed E-state index contributed by atoms with van der Waals surface area (Å²) in [5.74, 6) is 1.26. The number of aromatic nitrogens is 1. The molecule has 0 radical (unpaired) electrons. The standard InChI is InChI=1S/C18H21ClN2O2/c1-13(2)8-9-23-16-5-3-4-15(11-16)21-18(22)10-14-6-7-17(19)20-12-14/h3-7,11-13H,8-10H2,1-2H3,(H,21,22). The Hall–Kier alpha value is -2.07. The number of ether oxygens (including phenoxy) is 1. The number of nitrogens with one attached hydrogen (secondary N) is 1. The second kappa shape index (κ2) is 8.53. The van der Waals surface area contributed by atoms with Gasteiger partial charge in [0, 0.05) is 18.0 Å². The zero-order valence-corrected chi connectivity index (χ0v) is 14.1. The maximum atomic E-state index is 12.1. The molecule has 0 spiro atoms. The summed E-state index contributed by atoms with van der Waals surface area (Å²) in [6.45, 7) is 4.99. The average Bonchev–Trinajstić information content (AvgIpc) is 2.49. The summed E-state index contributed by atoms with van der Waals surface area (Å²) in [7, 11) is 0. The monoisotopic (exact) mass is 332 g/mol. The number of nitrogens with zero attached hydrogens (tertiary/aromatic N) is 1. The van der Waals surface area contributed by atoms with E-state index in [-0.39, 0.29) is 12.3 Å². The predicted molar refractivity (Wildman–Crippen MR) is 93.0 cm³/mol. The Morgan fingerprint density at radius 1 is 1.30 bits per heavy atom. The molecule has 1 amide bonds. The van der Waals surface area contributed by atoms with Gasteiger partial charge in [0.1, 0.15) is 10.9 Å². The molecule has 1 N–H and O–H groups in total. The Bertz CT molecular complexity index is 642. The molecule has 1 aromatic heterocycles. The van der Waals surface area contributed by atoms with Crippen LogP contribution in [0.1, 0.15) is 25.8 Å². The summed E-state index contributed by atoms with van der Waals surface area (Å²) >= 11 is 5.73. The van der Waals surface area contributed by atoms with E-state index < -0.39 is 0 Å². The normalized spacial score (nSPS) is 10.6. The van der Waals surface area contributed by atoms with Gasteiger partial charge < -0.3 is 10.1 Å². The van der Waals surface area contributed by atoms with Crippen molar-refractivity contribution in [1.82, 2.24) is 4.98 Å². The Morgan fingerprint density at radius 3 is 2.83 bits per heavy atom. The molecular formula is C18H21ClN2O2. The van der Waals surface area contributed by atoms with Crippen molar-refractivity contribution in [3.8, 4) is 5.75 Å². The predicted octanol–water partition coefficient (Wildman–Crippen LogP) is 4.34. The molecule has 5 heteroatoms. The lowest BCUT2D eigenvalue weighted by molar-refractivity contribution is -0.115. The zero-order valence-electron chi connectivity index (χ0n) is 13.4. The van der Waals surface area contributed by atoms with Crippen molar-refractivity contribution in [2.24, 2.45) is 5.92 Å². The molecule has 0 fully saturated rings. The van der Waals surface area contributed by atoms with Gasteiger partial charge in [0.05, 0.1) is 13.0 Å². The third-order valence-electron chi connectivity index (χ3n) is 3.24. The largest absolute Gasteiger partial charge is 0.494 e. The number of carbonyl (C=O) groups excluding carboxylic acids is 1. The first-order chi connectivity index (χ1) is 11.0. The van der Waals surface area contributed by atoms with Gasteiger partial charge in [-0.2, -0.15) is 0 Å². The van der Waals surface area contributed by atoms with Crippen LogP contribution in [0.5, 0.6) is 5.75 Å². The fourth-order valence-corrected chi connectivity index (χ4v) is 2.09. The lowest BCUT2D eigenvalue weighted by Gasteiger charge is -2.10. The lowest BCUT2D eigenvalue weighted by Crippen LogP contribution is -2.14. The van der Waals surface area contributed by atoms with Crippen LogP contribution in [0.15, 0.2) is 42.6 Å². The maximum Gasteiger partial charge on any atom is 0.228 e. The highest BCUT2D eigenvalue weighted by Crippen LogP contribution is 2.18. The molecule has 4 nitrogen and oxygen atoms in total. The maximum absolute atomic E-state index is 12.1. The molecule has 0 bridgehead atoms. The molecule has 0 saturated carbocycles. The van der Waals surface area contributed by atoms with E-state index in [0.717, 1.165) is 23.4 Å². The molecule has 0 aliphatic heterocycles. The highest BCUT2D eigenvalue weighted by atomic mass is 35.5. The minimum atomic E-state index is -0.103. The smallest absolute Gasteiger partial charge is 0.228 e. The first-order valence-corrected chi connectivity index (χ1v) is 8.04. The number of pyridine rings is 1. The minimum Gasteiger partial charge on any atom is -0.494 e. The van der Waals surface area contributed by atoms with E-state index >= 15 is 0 Å². The molecule has 2 rings (SSSR count). The van der Waals surface area contributed by atoms with E-state index in [1.54, 1.807) is 18.3 Å². The fourth-order valence-electron chi connectivity index (χ4n) is 1.98. The summed E-state index contributed by atoms with van der Waals surface area (Å²) < 4.78 is 5.69. The number of halogens is 1. The molecular weight excluding hydrogens is 312 g/mol. The number of hydrogen-bond donors (Lipinski definition) is 1. The second-order valence-electron chi connectivity index (χ2n) is 5.77. The number of rotatable bonds is 7. The van der Waals surface area contributed by atoms with Crippen molar-refractivity contribution in [2.45, 2.75) is 26.7 Å². The van der Waals surface area contributed by atoms with E-state index in [0.29, 0.717) is 17.7 Å².